The molecular weight excluding hydrogens is 368 g/mol. The van der Waals surface area contributed by atoms with Gasteiger partial charge in [0.15, 0.2) is 0 Å². The van der Waals surface area contributed by atoms with Gasteiger partial charge >= 0.3 is 0 Å². The maximum Gasteiger partial charge on any atom is 0.261 e. The number of amides is 1. The number of aryl methyl sites for hydroxylation is 1. The zero-order valence-electron chi connectivity index (χ0n) is 14.5. The van der Waals surface area contributed by atoms with Crippen molar-refractivity contribution in [2.45, 2.75) is 44.7 Å². The monoisotopic (exact) mass is 388 g/mol. The number of aromatic nitrogens is 2. The highest BCUT2D eigenvalue weighted by Gasteiger charge is 2.22. The first-order valence-corrected chi connectivity index (χ1v) is 10.0. The topological polar surface area (TPSA) is 72.9 Å². The van der Waals surface area contributed by atoms with Crippen molar-refractivity contribution in [2.75, 3.05) is 0 Å². The van der Waals surface area contributed by atoms with Gasteiger partial charge in [0, 0.05) is 22.5 Å². The Balaban J connectivity index is 1.60. The molecule has 4 rings (SSSR count). The molecule has 0 radical (unpaired) electrons. The van der Waals surface area contributed by atoms with Gasteiger partial charge < -0.3 is 11.1 Å². The normalized spacial score (nSPS) is 20.4. The summed E-state index contributed by atoms with van der Waals surface area (Å²) >= 11 is 7.45. The Bertz CT molecular complexity index is 939. The zero-order valence-corrected chi connectivity index (χ0v) is 16.1. The van der Waals surface area contributed by atoms with Gasteiger partial charge in [-0.3, -0.25) is 4.79 Å². The number of nitrogens with two attached hydrogens (primary N) is 1. The number of halogens is 1. The number of carbonyl (C=O) groups excluding carboxylic acids is 1. The number of nitrogens with one attached hydrogen (secondary N) is 1. The lowest BCUT2D eigenvalue weighted by atomic mass is 9.92. The molecule has 2 aromatic heterocycles. The van der Waals surface area contributed by atoms with E-state index in [-0.39, 0.29) is 18.0 Å². The van der Waals surface area contributed by atoms with Crippen molar-refractivity contribution in [3.8, 4) is 5.69 Å². The third-order valence-corrected chi connectivity index (χ3v) is 6.31. The minimum atomic E-state index is -0.00581. The van der Waals surface area contributed by atoms with Crippen molar-refractivity contribution in [1.29, 1.82) is 0 Å². The first kappa shape index (κ1) is 17.5. The van der Waals surface area contributed by atoms with Crippen LogP contribution in [0.5, 0.6) is 0 Å². The Morgan fingerprint density at radius 1 is 1.27 bits per heavy atom. The van der Waals surface area contributed by atoms with Crippen LogP contribution in [0.15, 0.2) is 30.3 Å². The molecule has 0 spiro atoms. The number of hydrogen-bond donors (Lipinski definition) is 2. The van der Waals surface area contributed by atoms with E-state index in [2.05, 4.69) is 10.4 Å². The van der Waals surface area contributed by atoms with Crippen molar-refractivity contribution < 1.29 is 4.79 Å². The predicted octanol–water partition coefficient (Wildman–Crippen LogP) is 4.05. The van der Waals surface area contributed by atoms with Crippen molar-refractivity contribution in [2.24, 2.45) is 5.73 Å². The van der Waals surface area contributed by atoms with Gasteiger partial charge in [-0.2, -0.15) is 5.10 Å². The number of benzene rings is 1. The average molecular weight is 389 g/mol. The van der Waals surface area contributed by atoms with Crippen LogP contribution in [0.3, 0.4) is 0 Å². The van der Waals surface area contributed by atoms with E-state index in [9.17, 15) is 4.79 Å². The number of thiophene rings is 1. The number of nitrogens with zero attached hydrogens (tertiary/aromatic N) is 2. The fourth-order valence-corrected chi connectivity index (χ4v) is 4.65. The summed E-state index contributed by atoms with van der Waals surface area (Å²) in [4.78, 5) is 14.4. The lowest BCUT2D eigenvalue weighted by Gasteiger charge is -2.26. The van der Waals surface area contributed by atoms with Crippen molar-refractivity contribution in [3.63, 3.8) is 0 Å². The highest BCUT2D eigenvalue weighted by Crippen LogP contribution is 2.31. The smallest absolute Gasteiger partial charge is 0.261 e. The molecule has 1 amide bonds. The fraction of sp³-hybridized carbons (Fsp3) is 0.368. The van der Waals surface area contributed by atoms with Crippen molar-refractivity contribution in [3.05, 3.63) is 45.9 Å². The minimum Gasteiger partial charge on any atom is -0.349 e. The predicted molar refractivity (Wildman–Crippen MR) is 106 cm³/mol. The first-order valence-electron chi connectivity index (χ1n) is 8.83. The van der Waals surface area contributed by atoms with Gasteiger partial charge in [-0.1, -0.05) is 11.6 Å². The summed E-state index contributed by atoms with van der Waals surface area (Å²) in [5.41, 5.74) is 7.79. The van der Waals surface area contributed by atoms with E-state index in [0.29, 0.717) is 5.02 Å². The van der Waals surface area contributed by atoms with E-state index in [1.54, 1.807) is 0 Å². The van der Waals surface area contributed by atoms with Gasteiger partial charge in [0.2, 0.25) is 0 Å². The van der Waals surface area contributed by atoms with Crippen LogP contribution in [0.1, 0.15) is 41.0 Å². The van der Waals surface area contributed by atoms with Gasteiger partial charge in [-0.05, 0) is 62.9 Å². The highest BCUT2D eigenvalue weighted by molar-refractivity contribution is 7.20. The van der Waals surface area contributed by atoms with E-state index >= 15 is 0 Å². The molecule has 1 aromatic carbocycles. The van der Waals surface area contributed by atoms with E-state index in [1.165, 1.54) is 11.3 Å². The molecule has 7 heteroatoms. The first-order chi connectivity index (χ1) is 12.5. The molecule has 1 aliphatic rings. The molecule has 3 N–H and O–H groups in total. The second-order valence-corrected chi connectivity index (χ2v) is 8.36. The quantitative estimate of drug-likeness (QED) is 0.710. The van der Waals surface area contributed by atoms with Crippen LogP contribution in [-0.2, 0) is 0 Å². The molecule has 136 valence electrons. The highest BCUT2D eigenvalue weighted by atomic mass is 35.5. The Morgan fingerprint density at radius 3 is 2.65 bits per heavy atom. The van der Waals surface area contributed by atoms with Gasteiger partial charge in [-0.15, -0.1) is 11.3 Å². The molecule has 1 aliphatic carbocycles. The minimum absolute atomic E-state index is 0.00581. The molecular formula is C19H21ClN4OS. The van der Waals surface area contributed by atoms with Crippen LogP contribution >= 0.6 is 22.9 Å². The maximum absolute atomic E-state index is 12.7. The second kappa shape index (κ2) is 7.02. The summed E-state index contributed by atoms with van der Waals surface area (Å²) < 4.78 is 1.88. The third-order valence-electron chi connectivity index (χ3n) is 4.95. The van der Waals surface area contributed by atoms with Crippen LogP contribution in [0, 0.1) is 6.92 Å². The third kappa shape index (κ3) is 3.37. The molecule has 0 unspecified atom stereocenters. The standard InChI is InChI=1S/C19H21ClN4OS/c1-11-16-10-17(18(25)22-14-6-4-13(21)5-7-14)26-19(16)24(23-11)15-8-2-12(20)3-9-15/h2-3,8-10,13-14H,4-7,21H2,1H3,(H,22,25). The SMILES string of the molecule is Cc1nn(-c2ccc(Cl)cc2)c2sc(C(=O)NC3CCC(N)CC3)cc12. The summed E-state index contributed by atoms with van der Waals surface area (Å²) in [6.07, 6.45) is 3.86. The van der Waals surface area contributed by atoms with Crippen LogP contribution in [0.4, 0.5) is 0 Å². The fourth-order valence-electron chi connectivity index (χ4n) is 3.44. The number of carbonyl (C=O) groups is 1. The Kier molecular flexibility index (Phi) is 4.73. The van der Waals surface area contributed by atoms with Crippen molar-refractivity contribution >= 4 is 39.1 Å². The largest absolute Gasteiger partial charge is 0.349 e. The Hall–Kier alpha value is -1.89. The van der Waals surface area contributed by atoms with E-state index < -0.39 is 0 Å². The van der Waals surface area contributed by atoms with Gasteiger partial charge in [0.25, 0.3) is 5.91 Å². The number of hydrogen-bond acceptors (Lipinski definition) is 4. The summed E-state index contributed by atoms with van der Waals surface area (Å²) in [5.74, 6) is -0.00581. The lowest BCUT2D eigenvalue weighted by molar-refractivity contribution is 0.0930. The zero-order chi connectivity index (χ0) is 18.3. The van der Waals surface area contributed by atoms with Crippen LogP contribution in [0.25, 0.3) is 15.9 Å². The van der Waals surface area contributed by atoms with Crippen LogP contribution < -0.4 is 11.1 Å². The molecule has 1 fully saturated rings. The molecule has 0 saturated heterocycles. The van der Waals surface area contributed by atoms with Gasteiger partial charge in [-0.25, -0.2) is 4.68 Å². The summed E-state index contributed by atoms with van der Waals surface area (Å²) in [6.45, 7) is 1.96. The summed E-state index contributed by atoms with van der Waals surface area (Å²) in [6, 6.07) is 9.99. The molecule has 0 atom stereocenters. The Morgan fingerprint density at radius 2 is 1.96 bits per heavy atom. The number of fused-ring (bicyclic) bond motifs is 1. The van der Waals surface area contributed by atoms with Crippen molar-refractivity contribution in [1.82, 2.24) is 15.1 Å². The molecule has 0 bridgehead atoms. The molecule has 5 nitrogen and oxygen atoms in total. The Labute approximate surface area is 161 Å². The molecule has 0 aliphatic heterocycles. The van der Waals surface area contributed by atoms with E-state index in [1.807, 2.05) is 41.9 Å². The summed E-state index contributed by atoms with van der Waals surface area (Å²) in [5, 5.41) is 9.48. The average Bonchev–Trinajstić information content (AvgIpc) is 3.19. The molecule has 1 saturated carbocycles. The van der Waals surface area contributed by atoms with E-state index in [4.69, 9.17) is 17.3 Å². The van der Waals surface area contributed by atoms with Crippen LogP contribution in [-0.4, -0.2) is 27.8 Å². The molecule has 3 aromatic rings. The number of rotatable bonds is 3. The van der Waals surface area contributed by atoms with Crippen LogP contribution in [0.2, 0.25) is 5.02 Å². The van der Waals surface area contributed by atoms with E-state index in [0.717, 1.165) is 52.2 Å². The lowest BCUT2D eigenvalue weighted by Crippen LogP contribution is -2.40. The molecule has 26 heavy (non-hydrogen) atoms. The maximum atomic E-state index is 12.7. The van der Waals surface area contributed by atoms with Gasteiger partial charge in [0.1, 0.15) is 4.83 Å². The molecule has 2 heterocycles. The van der Waals surface area contributed by atoms with Gasteiger partial charge in [0.05, 0.1) is 16.3 Å². The summed E-state index contributed by atoms with van der Waals surface area (Å²) in [7, 11) is 0. The second-order valence-electron chi connectivity index (χ2n) is 6.89.